The molecule has 1 nitrogen and oxygen atoms in total. The van der Waals surface area contributed by atoms with Crippen molar-refractivity contribution in [3.05, 3.63) is 52.7 Å². The first-order valence-corrected chi connectivity index (χ1v) is 5.08. The summed E-state index contributed by atoms with van der Waals surface area (Å²) in [6, 6.07) is 9.77. The zero-order valence-corrected chi connectivity index (χ0v) is 9.40. The van der Waals surface area contributed by atoms with E-state index in [0.717, 1.165) is 10.6 Å². The molecule has 0 aliphatic heterocycles. The van der Waals surface area contributed by atoms with Crippen LogP contribution in [0, 0.1) is 0 Å². The van der Waals surface area contributed by atoms with E-state index in [-0.39, 0.29) is 0 Å². The van der Waals surface area contributed by atoms with Crippen molar-refractivity contribution in [3.63, 3.8) is 0 Å². The van der Waals surface area contributed by atoms with E-state index >= 15 is 0 Å². The molecule has 1 aromatic heterocycles. The monoisotopic (exact) mass is 199 g/mol. The number of hydrogen-bond donors (Lipinski definition) is 0. The predicted octanol–water partition coefficient (Wildman–Crippen LogP) is 2.15. The Morgan fingerprint density at radius 2 is 1.73 bits per heavy atom. The summed E-state index contributed by atoms with van der Waals surface area (Å²) in [5.41, 5.74) is 1.21. The largest absolute Gasteiger partial charge is 0.258 e. The van der Waals surface area contributed by atoms with Crippen LogP contribution >= 0.6 is 0 Å². The summed E-state index contributed by atoms with van der Waals surface area (Å²) in [5.74, 6) is 0.449. The summed E-state index contributed by atoms with van der Waals surface area (Å²) in [6.07, 6.45) is 1.78. The second-order valence-electron chi connectivity index (χ2n) is 3.79. The van der Waals surface area contributed by atoms with Gasteiger partial charge in [-0.3, -0.25) is 4.98 Å². The molecule has 0 spiro atoms. The van der Waals surface area contributed by atoms with E-state index in [2.05, 4.69) is 32.0 Å². The van der Waals surface area contributed by atoms with Crippen LogP contribution in [0.5, 0.6) is 0 Å². The van der Waals surface area contributed by atoms with E-state index in [1.54, 1.807) is 6.20 Å². The highest BCUT2D eigenvalue weighted by molar-refractivity contribution is 5.20. The van der Waals surface area contributed by atoms with Crippen molar-refractivity contribution in [3.8, 4) is 0 Å². The smallest absolute Gasteiger partial charge is 0.0557 e. The Bertz CT molecular complexity index is 473. The van der Waals surface area contributed by atoms with E-state index < -0.39 is 0 Å². The summed E-state index contributed by atoms with van der Waals surface area (Å²) < 4.78 is 0. The normalized spacial score (nSPS) is 9.80. The molecule has 1 heteroatoms. The SMILES string of the molecule is C=c1ccccc(=C)c(C(C)C)ccn1. The maximum absolute atomic E-state index is 4.19. The van der Waals surface area contributed by atoms with Crippen LogP contribution < -0.4 is 10.6 Å². The van der Waals surface area contributed by atoms with Gasteiger partial charge in [0.15, 0.2) is 0 Å². The minimum atomic E-state index is 0.449. The molecule has 0 bridgehead atoms. The maximum atomic E-state index is 4.19. The molecule has 0 aliphatic carbocycles. The molecule has 0 fully saturated rings. The van der Waals surface area contributed by atoms with Crippen LogP contribution in [0.3, 0.4) is 0 Å². The maximum Gasteiger partial charge on any atom is 0.0557 e. The molecule has 0 saturated carbocycles. The van der Waals surface area contributed by atoms with Gasteiger partial charge >= 0.3 is 0 Å². The molecule has 0 N–H and O–H groups in total. The van der Waals surface area contributed by atoms with E-state index in [4.69, 9.17) is 0 Å². The fourth-order valence-electron chi connectivity index (χ4n) is 1.36. The molecule has 1 aromatic rings. The van der Waals surface area contributed by atoms with Gasteiger partial charge in [0.1, 0.15) is 0 Å². The van der Waals surface area contributed by atoms with Gasteiger partial charge in [0.25, 0.3) is 0 Å². The van der Waals surface area contributed by atoms with Gasteiger partial charge in [0, 0.05) is 6.20 Å². The van der Waals surface area contributed by atoms with Crippen molar-refractivity contribution < 1.29 is 0 Å². The van der Waals surface area contributed by atoms with Gasteiger partial charge in [0.05, 0.1) is 5.35 Å². The molecule has 0 amide bonds. The molecule has 78 valence electrons. The first kappa shape index (κ1) is 11.4. The molecular weight excluding hydrogens is 182 g/mol. The second kappa shape index (κ2) is 5.30. The molecule has 1 heterocycles. The van der Waals surface area contributed by atoms with Crippen LogP contribution in [0.4, 0.5) is 0 Å². The Morgan fingerprint density at radius 1 is 1.07 bits per heavy atom. The molecule has 0 radical (unpaired) electrons. The van der Waals surface area contributed by atoms with Crippen molar-refractivity contribution >= 4 is 13.2 Å². The van der Waals surface area contributed by atoms with Gasteiger partial charge in [-0.25, -0.2) is 0 Å². The summed E-state index contributed by atoms with van der Waals surface area (Å²) in [7, 11) is 0. The minimum Gasteiger partial charge on any atom is -0.258 e. The van der Waals surface area contributed by atoms with Crippen LogP contribution in [-0.2, 0) is 0 Å². The first-order chi connectivity index (χ1) is 7.11. The molecule has 0 atom stereocenters. The minimum absolute atomic E-state index is 0.449. The van der Waals surface area contributed by atoms with Crippen LogP contribution in [-0.4, -0.2) is 4.98 Å². The lowest BCUT2D eigenvalue weighted by Crippen LogP contribution is -2.06. The number of hydrogen-bond acceptors (Lipinski definition) is 1. The average Bonchev–Trinajstić information content (AvgIpc) is 2.18. The lowest BCUT2D eigenvalue weighted by atomic mass is 10.0. The Kier molecular flexibility index (Phi) is 4.04. The van der Waals surface area contributed by atoms with Crippen molar-refractivity contribution in [1.82, 2.24) is 4.98 Å². The Labute approximate surface area is 91.1 Å². The van der Waals surface area contributed by atoms with Crippen LogP contribution in [0.1, 0.15) is 25.3 Å². The fourth-order valence-corrected chi connectivity index (χ4v) is 1.36. The molecule has 0 aromatic carbocycles. The predicted molar refractivity (Wildman–Crippen MR) is 66.2 cm³/mol. The van der Waals surface area contributed by atoms with Crippen molar-refractivity contribution in [2.24, 2.45) is 0 Å². The standard InChI is InChI=1S/C14H17N/c1-11(2)14-9-10-15-13(4)8-6-5-7-12(14)3/h5-11H,3-4H2,1-2H3. The third-order valence-corrected chi connectivity index (χ3v) is 2.18. The Hall–Kier alpha value is -1.63. The Balaban J connectivity index is 3.50. The second-order valence-corrected chi connectivity index (χ2v) is 3.79. The topological polar surface area (TPSA) is 12.9 Å². The van der Waals surface area contributed by atoms with Crippen LogP contribution in [0.15, 0.2) is 36.5 Å². The third kappa shape index (κ3) is 3.55. The first-order valence-electron chi connectivity index (χ1n) is 5.08. The van der Waals surface area contributed by atoms with Gasteiger partial charge in [-0.15, -0.1) is 0 Å². The highest BCUT2D eigenvalue weighted by Crippen LogP contribution is 2.05. The molecule has 1 rings (SSSR count). The quantitative estimate of drug-likeness (QED) is 0.675. The van der Waals surface area contributed by atoms with Gasteiger partial charge in [-0.05, 0) is 28.8 Å². The summed E-state index contributed by atoms with van der Waals surface area (Å²) >= 11 is 0. The summed E-state index contributed by atoms with van der Waals surface area (Å²) in [5, 5.41) is 1.79. The highest BCUT2D eigenvalue weighted by Gasteiger charge is 1.95. The highest BCUT2D eigenvalue weighted by atomic mass is 14.6. The molecular formula is C14H17N. The van der Waals surface area contributed by atoms with E-state index in [1.807, 2.05) is 30.3 Å². The van der Waals surface area contributed by atoms with Gasteiger partial charge in [-0.2, -0.15) is 0 Å². The lowest BCUT2D eigenvalue weighted by molar-refractivity contribution is 0.859. The van der Waals surface area contributed by atoms with Crippen molar-refractivity contribution in [2.75, 3.05) is 0 Å². The number of rotatable bonds is 1. The molecule has 0 saturated heterocycles. The number of aromatic nitrogens is 1. The molecule has 0 unspecified atom stereocenters. The fraction of sp³-hybridized carbons (Fsp3) is 0.214. The molecule has 0 aliphatic rings. The van der Waals surface area contributed by atoms with E-state index in [1.165, 1.54) is 5.56 Å². The van der Waals surface area contributed by atoms with Gasteiger partial charge < -0.3 is 0 Å². The zero-order chi connectivity index (χ0) is 11.3. The zero-order valence-electron chi connectivity index (χ0n) is 9.40. The van der Waals surface area contributed by atoms with Crippen LogP contribution in [0.25, 0.3) is 13.2 Å². The van der Waals surface area contributed by atoms with E-state index in [0.29, 0.717) is 5.92 Å². The Morgan fingerprint density at radius 3 is 2.40 bits per heavy atom. The van der Waals surface area contributed by atoms with Crippen LogP contribution in [0.2, 0.25) is 0 Å². The number of nitrogens with zero attached hydrogens (tertiary/aromatic N) is 1. The lowest BCUT2D eigenvalue weighted by Gasteiger charge is -2.02. The van der Waals surface area contributed by atoms with Gasteiger partial charge in [-0.1, -0.05) is 45.2 Å². The van der Waals surface area contributed by atoms with Crippen molar-refractivity contribution in [1.29, 1.82) is 0 Å². The molecule has 15 heavy (non-hydrogen) atoms. The van der Waals surface area contributed by atoms with Crippen molar-refractivity contribution in [2.45, 2.75) is 19.8 Å². The summed E-state index contributed by atoms with van der Waals surface area (Å²) in [6.45, 7) is 12.1. The van der Waals surface area contributed by atoms with E-state index in [9.17, 15) is 0 Å². The summed E-state index contributed by atoms with van der Waals surface area (Å²) in [4.78, 5) is 4.19. The third-order valence-electron chi connectivity index (χ3n) is 2.18. The average molecular weight is 199 g/mol. The van der Waals surface area contributed by atoms with Gasteiger partial charge in [0.2, 0.25) is 0 Å².